The van der Waals surface area contributed by atoms with Gasteiger partial charge in [-0.05, 0) is 12.0 Å². The maximum absolute atomic E-state index is 12.3. The number of carbonyl (C=O) groups is 1. The van der Waals surface area contributed by atoms with Gasteiger partial charge >= 0.3 is 6.03 Å². The van der Waals surface area contributed by atoms with E-state index in [1.807, 2.05) is 30.3 Å². The number of fused-ring (bicyclic) bond motifs is 1. The summed E-state index contributed by atoms with van der Waals surface area (Å²) in [6.45, 7) is -0.0298. The Morgan fingerprint density at radius 1 is 1.36 bits per heavy atom. The number of pyridine rings is 1. The van der Waals surface area contributed by atoms with Crippen LogP contribution >= 0.6 is 0 Å². The number of H-pyrrole nitrogens is 1. The van der Waals surface area contributed by atoms with Gasteiger partial charge in [-0.15, -0.1) is 5.10 Å². The molecule has 0 bridgehead atoms. The molecule has 0 saturated carbocycles. The largest absolute Gasteiger partial charge is 0.479 e. The molecular formula is C17H19N5O3. The lowest BCUT2D eigenvalue weighted by Gasteiger charge is -2.18. The Bertz CT molecular complexity index is 850. The average molecular weight is 341 g/mol. The molecule has 2 aromatic heterocycles. The van der Waals surface area contributed by atoms with Gasteiger partial charge < -0.3 is 15.2 Å². The second-order valence-corrected chi connectivity index (χ2v) is 5.42. The molecule has 2 amide bonds. The normalized spacial score (nSPS) is 11.9. The molecule has 130 valence electrons. The summed E-state index contributed by atoms with van der Waals surface area (Å²) >= 11 is 0. The first-order valence-electron chi connectivity index (χ1n) is 7.82. The summed E-state index contributed by atoms with van der Waals surface area (Å²) in [5, 5.41) is 22.3. The van der Waals surface area contributed by atoms with Crippen LogP contribution in [0.4, 0.5) is 10.6 Å². The Hall–Kier alpha value is -3.13. The van der Waals surface area contributed by atoms with Crippen molar-refractivity contribution in [2.24, 2.45) is 0 Å². The number of anilines is 1. The van der Waals surface area contributed by atoms with Gasteiger partial charge in [0.25, 0.3) is 0 Å². The third-order valence-electron chi connectivity index (χ3n) is 3.77. The minimum absolute atomic E-state index is 0.0298. The first kappa shape index (κ1) is 16.7. The second kappa shape index (κ2) is 7.63. The van der Waals surface area contributed by atoms with Crippen LogP contribution in [0.25, 0.3) is 10.9 Å². The van der Waals surface area contributed by atoms with E-state index in [1.165, 1.54) is 7.11 Å². The van der Waals surface area contributed by atoms with Crippen LogP contribution in [0.5, 0.6) is 5.88 Å². The summed E-state index contributed by atoms with van der Waals surface area (Å²) in [7, 11) is 1.53. The van der Waals surface area contributed by atoms with E-state index in [2.05, 4.69) is 25.8 Å². The molecule has 0 radical (unpaired) electrons. The van der Waals surface area contributed by atoms with Crippen molar-refractivity contribution in [1.29, 1.82) is 0 Å². The van der Waals surface area contributed by atoms with Crippen molar-refractivity contribution in [2.45, 2.75) is 12.5 Å². The van der Waals surface area contributed by atoms with E-state index in [4.69, 9.17) is 4.74 Å². The van der Waals surface area contributed by atoms with E-state index in [9.17, 15) is 9.90 Å². The fraction of sp³-hybridized carbons (Fsp3) is 0.235. The number of carbonyl (C=O) groups excluding carboxylic acids is 1. The molecule has 1 aromatic carbocycles. The first-order chi connectivity index (χ1) is 12.2. The molecule has 1 unspecified atom stereocenters. The number of aromatic nitrogens is 3. The number of urea groups is 1. The molecule has 0 aliphatic rings. The third-order valence-corrected chi connectivity index (χ3v) is 3.77. The number of nitrogens with one attached hydrogen (secondary N) is 3. The molecule has 2 heterocycles. The minimum Gasteiger partial charge on any atom is -0.479 e. The van der Waals surface area contributed by atoms with E-state index < -0.39 is 6.03 Å². The van der Waals surface area contributed by atoms with Crippen molar-refractivity contribution in [3.05, 3.63) is 48.2 Å². The summed E-state index contributed by atoms with van der Waals surface area (Å²) in [4.78, 5) is 16.5. The van der Waals surface area contributed by atoms with Gasteiger partial charge in [0.15, 0.2) is 0 Å². The number of hydrogen-bond donors (Lipinski definition) is 4. The number of aliphatic hydroxyl groups is 1. The van der Waals surface area contributed by atoms with E-state index in [-0.39, 0.29) is 12.6 Å². The van der Waals surface area contributed by atoms with Crippen molar-refractivity contribution in [2.75, 3.05) is 19.0 Å². The minimum atomic E-state index is -0.402. The SMILES string of the molecule is COc1n[nH]c2cc(NC(=O)NC(CCO)c3ccccc3)ncc12. The number of methoxy groups -OCH3 is 1. The van der Waals surface area contributed by atoms with Crippen molar-refractivity contribution >= 4 is 22.8 Å². The number of hydrogen-bond acceptors (Lipinski definition) is 5. The highest BCUT2D eigenvalue weighted by atomic mass is 16.5. The molecule has 3 aromatic rings. The first-order valence-corrected chi connectivity index (χ1v) is 7.82. The van der Waals surface area contributed by atoms with E-state index in [0.717, 1.165) is 10.9 Å². The Morgan fingerprint density at radius 2 is 2.16 bits per heavy atom. The Kier molecular flexibility index (Phi) is 5.10. The molecule has 8 heteroatoms. The summed E-state index contributed by atoms with van der Waals surface area (Å²) < 4.78 is 5.11. The number of amides is 2. The van der Waals surface area contributed by atoms with Crippen molar-refractivity contribution in [3.8, 4) is 5.88 Å². The average Bonchev–Trinajstić information content (AvgIpc) is 3.04. The zero-order chi connectivity index (χ0) is 17.6. The van der Waals surface area contributed by atoms with Crippen molar-refractivity contribution in [1.82, 2.24) is 20.5 Å². The smallest absolute Gasteiger partial charge is 0.320 e. The molecule has 4 N–H and O–H groups in total. The summed E-state index contributed by atoms with van der Waals surface area (Å²) in [6, 6.07) is 10.5. The van der Waals surface area contributed by atoms with Crippen LogP contribution in [0.3, 0.4) is 0 Å². The highest BCUT2D eigenvalue weighted by molar-refractivity contribution is 5.92. The van der Waals surface area contributed by atoms with Crippen LogP contribution in [0.15, 0.2) is 42.6 Å². The highest BCUT2D eigenvalue weighted by Gasteiger charge is 2.15. The topological polar surface area (TPSA) is 112 Å². The monoisotopic (exact) mass is 341 g/mol. The molecule has 3 rings (SSSR count). The number of ether oxygens (including phenoxy) is 1. The van der Waals surface area contributed by atoms with Gasteiger partial charge in [0, 0.05) is 18.9 Å². The summed E-state index contributed by atoms with van der Waals surface area (Å²) in [5.74, 6) is 0.831. The van der Waals surface area contributed by atoms with Crippen LogP contribution < -0.4 is 15.4 Å². The van der Waals surface area contributed by atoms with Gasteiger partial charge in [0.05, 0.1) is 24.1 Å². The van der Waals surface area contributed by atoms with Gasteiger partial charge in [0.2, 0.25) is 5.88 Å². The molecule has 0 spiro atoms. The van der Waals surface area contributed by atoms with Crippen LogP contribution in [0, 0.1) is 0 Å². The van der Waals surface area contributed by atoms with E-state index in [0.29, 0.717) is 23.6 Å². The van der Waals surface area contributed by atoms with Crippen molar-refractivity contribution < 1.29 is 14.6 Å². The molecule has 1 atom stereocenters. The Labute approximate surface area is 144 Å². The van der Waals surface area contributed by atoms with Crippen LogP contribution in [0.2, 0.25) is 0 Å². The molecule has 0 aliphatic carbocycles. The summed E-state index contributed by atoms with van der Waals surface area (Å²) in [5.41, 5.74) is 1.63. The quantitative estimate of drug-likeness (QED) is 0.549. The molecule has 0 fully saturated rings. The molecule has 0 saturated heterocycles. The second-order valence-electron chi connectivity index (χ2n) is 5.42. The number of aromatic amines is 1. The predicted octanol–water partition coefficient (Wildman–Crippen LogP) is 2.21. The van der Waals surface area contributed by atoms with E-state index in [1.54, 1.807) is 12.3 Å². The zero-order valence-corrected chi connectivity index (χ0v) is 13.7. The predicted molar refractivity (Wildman–Crippen MR) is 93.5 cm³/mol. The van der Waals surface area contributed by atoms with Crippen LogP contribution in [-0.4, -0.2) is 40.0 Å². The Morgan fingerprint density at radius 3 is 2.88 bits per heavy atom. The maximum Gasteiger partial charge on any atom is 0.320 e. The maximum atomic E-state index is 12.3. The number of benzene rings is 1. The van der Waals surface area contributed by atoms with E-state index >= 15 is 0 Å². The molecule has 0 aliphatic heterocycles. The van der Waals surface area contributed by atoms with Crippen LogP contribution in [-0.2, 0) is 0 Å². The Balaban J connectivity index is 1.70. The fourth-order valence-corrected chi connectivity index (χ4v) is 2.56. The lowest BCUT2D eigenvalue weighted by molar-refractivity contribution is 0.239. The van der Waals surface area contributed by atoms with Gasteiger partial charge in [-0.2, -0.15) is 0 Å². The lowest BCUT2D eigenvalue weighted by atomic mass is 10.0. The third kappa shape index (κ3) is 3.86. The van der Waals surface area contributed by atoms with Gasteiger partial charge in [-0.25, -0.2) is 9.78 Å². The van der Waals surface area contributed by atoms with Crippen molar-refractivity contribution in [3.63, 3.8) is 0 Å². The van der Waals surface area contributed by atoms with Gasteiger partial charge in [-0.1, -0.05) is 30.3 Å². The summed E-state index contributed by atoms with van der Waals surface area (Å²) in [6.07, 6.45) is 2.00. The zero-order valence-electron chi connectivity index (χ0n) is 13.7. The number of nitrogens with zero attached hydrogens (tertiary/aromatic N) is 2. The number of aliphatic hydroxyl groups excluding tert-OH is 1. The van der Waals surface area contributed by atoms with Gasteiger partial charge in [0.1, 0.15) is 5.82 Å². The molecule has 25 heavy (non-hydrogen) atoms. The van der Waals surface area contributed by atoms with Crippen LogP contribution in [0.1, 0.15) is 18.0 Å². The highest BCUT2D eigenvalue weighted by Crippen LogP contribution is 2.23. The number of rotatable bonds is 6. The fourth-order valence-electron chi connectivity index (χ4n) is 2.56. The standard InChI is InChI=1S/C17H19N5O3/c1-25-16-12-10-18-15(9-14(12)21-22-16)20-17(24)19-13(7-8-23)11-5-3-2-4-6-11/h2-6,9-10,13,23H,7-8H2,1H3,(H,21,22)(H2,18,19,20,24). The molecule has 8 nitrogen and oxygen atoms in total. The lowest BCUT2D eigenvalue weighted by Crippen LogP contribution is -2.33. The van der Waals surface area contributed by atoms with Gasteiger partial charge in [-0.3, -0.25) is 10.4 Å². The molecular weight excluding hydrogens is 322 g/mol.